The SMILES string of the molecule is CCc1nnc(-c2cccc(S(=O)(=O)C3C=c4c(ccc5c4=CCc4ccccc4-5)CC3)c2)o1. The van der Waals surface area contributed by atoms with Gasteiger partial charge in [-0.3, -0.25) is 0 Å². The molecule has 34 heavy (non-hydrogen) atoms. The first-order chi connectivity index (χ1) is 16.5. The van der Waals surface area contributed by atoms with E-state index in [0.717, 1.165) is 23.3 Å². The summed E-state index contributed by atoms with van der Waals surface area (Å²) in [5.74, 6) is 0.872. The van der Waals surface area contributed by atoms with Crippen LogP contribution in [-0.4, -0.2) is 23.9 Å². The third kappa shape index (κ3) is 3.41. The van der Waals surface area contributed by atoms with E-state index in [0.29, 0.717) is 30.2 Å². The van der Waals surface area contributed by atoms with Gasteiger partial charge in [0.1, 0.15) is 0 Å². The molecular weight excluding hydrogens is 444 g/mol. The Bertz CT molecular complexity index is 1650. The molecule has 1 heterocycles. The highest BCUT2D eigenvalue weighted by Crippen LogP contribution is 2.28. The molecule has 6 rings (SSSR count). The van der Waals surface area contributed by atoms with Crippen molar-refractivity contribution >= 4 is 22.0 Å². The van der Waals surface area contributed by atoms with Crippen molar-refractivity contribution in [1.82, 2.24) is 10.2 Å². The Morgan fingerprint density at radius 1 is 0.941 bits per heavy atom. The third-order valence-electron chi connectivity index (χ3n) is 6.84. The number of hydrogen-bond donors (Lipinski definition) is 0. The molecule has 1 unspecified atom stereocenters. The number of sulfone groups is 1. The summed E-state index contributed by atoms with van der Waals surface area (Å²) in [7, 11) is -3.58. The second kappa shape index (κ2) is 8.06. The zero-order valence-corrected chi connectivity index (χ0v) is 19.7. The molecule has 5 nitrogen and oxygen atoms in total. The lowest BCUT2D eigenvalue weighted by Gasteiger charge is -2.22. The van der Waals surface area contributed by atoms with Crippen molar-refractivity contribution in [2.75, 3.05) is 0 Å². The zero-order chi connectivity index (χ0) is 23.3. The molecule has 0 saturated heterocycles. The fourth-order valence-corrected chi connectivity index (χ4v) is 6.68. The number of aromatic nitrogens is 2. The largest absolute Gasteiger partial charge is 0.421 e. The molecule has 0 spiro atoms. The van der Waals surface area contributed by atoms with Crippen LogP contribution in [0.1, 0.15) is 30.4 Å². The summed E-state index contributed by atoms with van der Waals surface area (Å²) in [4.78, 5) is 0.282. The summed E-state index contributed by atoms with van der Waals surface area (Å²) in [6.45, 7) is 1.93. The smallest absolute Gasteiger partial charge is 0.247 e. The summed E-state index contributed by atoms with van der Waals surface area (Å²) in [6.07, 6.45) is 7.00. The first kappa shape index (κ1) is 21.1. The highest BCUT2D eigenvalue weighted by atomic mass is 32.2. The average molecular weight is 469 g/mol. The molecule has 3 aromatic carbocycles. The molecule has 0 amide bonds. The van der Waals surface area contributed by atoms with Crippen LogP contribution >= 0.6 is 0 Å². The van der Waals surface area contributed by atoms with Crippen molar-refractivity contribution in [2.45, 2.75) is 42.8 Å². The lowest BCUT2D eigenvalue weighted by molar-refractivity contribution is 0.512. The van der Waals surface area contributed by atoms with Gasteiger partial charge in [-0.2, -0.15) is 0 Å². The maximum absolute atomic E-state index is 13.7. The Balaban J connectivity index is 1.43. The molecule has 4 aromatic rings. The molecular formula is C28H24N2O3S. The van der Waals surface area contributed by atoms with Crippen LogP contribution in [0.4, 0.5) is 0 Å². The van der Waals surface area contributed by atoms with Crippen LogP contribution in [0.3, 0.4) is 0 Å². The van der Waals surface area contributed by atoms with Crippen molar-refractivity contribution in [3.63, 3.8) is 0 Å². The van der Waals surface area contributed by atoms with Crippen LogP contribution < -0.4 is 10.4 Å². The van der Waals surface area contributed by atoms with E-state index in [9.17, 15) is 8.42 Å². The Kier molecular flexibility index (Phi) is 4.99. The number of fused-ring (bicyclic) bond motifs is 5. The van der Waals surface area contributed by atoms with Crippen LogP contribution in [0.15, 0.2) is 70.0 Å². The van der Waals surface area contributed by atoms with E-state index in [1.165, 1.54) is 22.3 Å². The van der Waals surface area contributed by atoms with Crippen LogP contribution in [0, 0.1) is 0 Å². The maximum atomic E-state index is 13.7. The van der Waals surface area contributed by atoms with Crippen LogP contribution in [0.25, 0.3) is 34.7 Å². The molecule has 6 heteroatoms. The molecule has 0 aliphatic heterocycles. The molecule has 0 saturated carbocycles. The van der Waals surface area contributed by atoms with Crippen LogP contribution in [0.2, 0.25) is 0 Å². The summed E-state index contributed by atoms with van der Waals surface area (Å²) in [5.41, 5.74) is 5.55. The van der Waals surface area contributed by atoms with Crippen molar-refractivity contribution in [1.29, 1.82) is 0 Å². The zero-order valence-electron chi connectivity index (χ0n) is 18.9. The number of benzene rings is 3. The summed E-state index contributed by atoms with van der Waals surface area (Å²) in [5, 5.41) is 9.70. The Morgan fingerprint density at radius 3 is 2.68 bits per heavy atom. The number of rotatable bonds is 4. The first-order valence-corrected chi connectivity index (χ1v) is 13.2. The molecule has 1 atom stereocenters. The fourth-order valence-electron chi connectivity index (χ4n) is 5.03. The second-order valence-electron chi connectivity index (χ2n) is 8.84. The molecule has 1 aromatic heterocycles. The van der Waals surface area contributed by atoms with Gasteiger partial charge in [-0.25, -0.2) is 8.42 Å². The van der Waals surface area contributed by atoms with Crippen molar-refractivity contribution in [3.8, 4) is 22.6 Å². The molecule has 0 radical (unpaired) electrons. The Morgan fingerprint density at radius 2 is 1.82 bits per heavy atom. The lowest BCUT2D eigenvalue weighted by Crippen LogP contribution is -2.38. The predicted octanol–water partition coefficient (Wildman–Crippen LogP) is 3.87. The van der Waals surface area contributed by atoms with Gasteiger partial charge in [-0.05, 0) is 70.2 Å². The minimum atomic E-state index is -3.58. The molecule has 0 bridgehead atoms. The molecule has 0 N–H and O–H groups in total. The minimum absolute atomic E-state index is 0.282. The second-order valence-corrected chi connectivity index (χ2v) is 11.0. The van der Waals surface area contributed by atoms with Gasteiger partial charge in [0.2, 0.25) is 11.8 Å². The van der Waals surface area contributed by atoms with E-state index in [1.807, 2.05) is 13.0 Å². The molecule has 170 valence electrons. The van der Waals surface area contributed by atoms with Crippen molar-refractivity contribution in [2.24, 2.45) is 0 Å². The van der Waals surface area contributed by atoms with Gasteiger partial charge in [-0.15, -0.1) is 10.2 Å². The first-order valence-electron chi connectivity index (χ1n) is 11.6. The summed E-state index contributed by atoms with van der Waals surface area (Å²) in [6, 6.07) is 19.6. The fraction of sp³-hybridized carbons (Fsp3) is 0.214. The highest BCUT2D eigenvalue weighted by molar-refractivity contribution is 7.92. The van der Waals surface area contributed by atoms with E-state index >= 15 is 0 Å². The Labute approximate surface area is 198 Å². The van der Waals surface area contributed by atoms with Gasteiger partial charge < -0.3 is 4.42 Å². The van der Waals surface area contributed by atoms with E-state index in [1.54, 1.807) is 24.3 Å². The number of aryl methyl sites for hydroxylation is 2. The number of hydrogen-bond acceptors (Lipinski definition) is 5. The van der Waals surface area contributed by atoms with Gasteiger partial charge in [0, 0.05) is 12.0 Å². The number of nitrogens with zero attached hydrogens (tertiary/aromatic N) is 2. The van der Waals surface area contributed by atoms with Gasteiger partial charge in [-0.1, -0.05) is 61.5 Å². The predicted molar refractivity (Wildman–Crippen MR) is 132 cm³/mol. The Hall–Kier alpha value is -3.51. The molecule has 2 aliphatic carbocycles. The lowest BCUT2D eigenvalue weighted by atomic mass is 9.87. The monoisotopic (exact) mass is 468 g/mol. The van der Waals surface area contributed by atoms with E-state index in [4.69, 9.17) is 4.42 Å². The van der Waals surface area contributed by atoms with E-state index < -0.39 is 15.1 Å². The van der Waals surface area contributed by atoms with Gasteiger partial charge in [0.05, 0.1) is 10.1 Å². The summed E-state index contributed by atoms with van der Waals surface area (Å²) < 4.78 is 33.0. The van der Waals surface area contributed by atoms with Gasteiger partial charge >= 0.3 is 0 Å². The third-order valence-corrected chi connectivity index (χ3v) is 8.92. The minimum Gasteiger partial charge on any atom is -0.421 e. The maximum Gasteiger partial charge on any atom is 0.247 e. The average Bonchev–Trinajstić information content (AvgIpc) is 3.37. The van der Waals surface area contributed by atoms with Gasteiger partial charge in [0.25, 0.3) is 0 Å². The van der Waals surface area contributed by atoms with Gasteiger partial charge in [0.15, 0.2) is 9.84 Å². The quantitative estimate of drug-likeness (QED) is 0.455. The van der Waals surface area contributed by atoms with Crippen LogP contribution in [0.5, 0.6) is 0 Å². The van der Waals surface area contributed by atoms with Crippen molar-refractivity contribution in [3.05, 3.63) is 88.1 Å². The highest BCUT2D eigenvalue weighted by Gasteiger charge is 2.29. The van der Waals surface area contributed by atoms with Crippen LogP contribution in [-0.2, 0) is 29.1 Å². The van der Waals surface area contributed by atoms with Crippen molar-refractivity contribution < 1.29 is 12.8 Å². The van der Waals surface area contributed by atoms with E-state index in [-0.39, 0.29) is 4.90 Å². The topological polar surface area (TPSA) is 73.1 Å². The summed E-state index contributed by atoms with van der Waals surface area (Å²) >= 11 is 0. The molecule has 2 aliphatic rings. The molecule has 0 fully saturated rings. The normalized spacial score (nSPS) is 16.6. The van der Waals surface area contributed by atoms with E-state index in [2.05, 4.69) is 52.7 Å². The standard InChI is InChI=1S/C28H24N2O3S/c1-2-27-29-30-28(33-27)20-7-5-8-21(16-20)34(31,32)22-13-10-19-12-14-24-23-9-4-3-6-18(23)11-15-25(24)26(19)17-22/h3-9,12,14-17,22H,2,10-11,13H2,1H3.